The first kappa shape index (κ1) is 13.0. The molecule has 0 radical (unpaired) electrons. The smallest absolute Gasteiger partial charge is 0.229 e. The SMILES string of the molecule is COc1ccc(NC(=O)C(C)(C)C)c(Br)c1. The van der Waals surface area contributed by atoms with Crippen LogP contribution in [0.2, 0.25) is 0 Å². The Labute approximate surface area is 104 Å². The van der Waals surface area contributed by atoms with Crippen molar-refractivity contribution in [3.05, 3.63) is 22.7 Å². The normalized spacial score (nSPS) is 11.1. The molecule has 0 spiro atoms. The Morgan fingerprint density at radius 3 is 2.44 bits per heavy atom. The fourth-order valence-electron chi connectivity index (χ4n) is 1.03. The van der Waals surface area contributed by atoms with Gasteiger partial charge in [-0.25, -0.2) is 0 Å². The lowest BCUT2D eigenvalue weighted by atomic mass is 9.95. The highest BCUT2D eigenvalue weighted by atomic mass is 79.9. The van der Waals surface area contributed by atoms with Crippen LogP contribution in [-0.4, -0.2) is 13.0 Å². The molecule has 1 aromatic carbocycles. The monoisotopic (exact) mass is 285 g/mol. The standard InChI is InChI=1S/C12H16BrNO2/c1-12(2,3)11(15)14-10-6-5-8(16-4)7-9(10)13/h5-7H,1-4H3,(H,14,15). The summed E-state index contributed by atoms with van der Waals surface area (Å²) in [5.74, 6) is 0.735. The van der Waals surface area contributed by atoms with E-state index in [1.54, 1.807) is 7.11 Å². The molecule has 0 atom stereocenters. The molecule has 0 aliphatic rings. The lowest BCUT2D eigenvalue weighted by Gasteiger charge is -2.18. The summed E-state index contributed by atoms with van der Waals surface area (Å²) in [6, 6.07) is 5.44. The summed E-state index contributed by atoms with van der Waals surface area (Å²) in [4.78, 5) is 11.8. The lowest BCUT2D eigenvalue weighted by Crippen LogP contribution is -2.27. The van der Waals surface area contributed by atoms with Crippen LogP contribution in [0.4, 0.5) is 5.69 Å². The van der Waals surface area contributed by atoms with Gasteiger partial charge >= 0.3 is 0 Å². The highest BCUT2D eigenvalue weighted by Crippen LogP contribution is 2.28. The van der Waals surface area contributed by atoms with Gasteiger partial charge in [0.05, 0.1) is 12.8 Å². The van der Waals surface area contributed by atoms with Crippen molar-refractivity contribution in [1.29, 1.82) is 0 Å². The number of amides is 1. The molecule has 0 heterocycles. The number of carbonyl (C=O) groups is 1. The van der Waals surface area contributed by atoms with Crippen LogP contribution in [0, 0.1) is 5.41 Å². The van der Waals surface area contributed by atoms with Crippen molar-refractivity contribution >= 4 is 27.5 Å². The van der Waals surface area contributed by atoms with Crippen LogP contribution in [0.1, 0.15) is 20.8 Å². The number of benzene rings is 1. The highest BCUT2D eigenvalue weighted by molar-refractivity contribution is 9.10. The van der Waals surface area contributed by atoms with Crippen molar-refractivity contribution in [2.45, 2.75) is 20.8 Å². The number of ether oxygens (including phenoxy) is 1. The van der Waals surface area contributed by atoms with Gasteiger partial charge in [-0.15, -0.1) is 0 Å². The van der Waals surface area contributed by atoms with Gasteiger partial charge in [0.25, 0.3) is 0 Å². The van der Waals surface area contributed by atoms with Crippen molar-refractivity contribution < 1.29 is 9.53 Å². The van der Waals surface area contributed by atoms with Gasteiger partial charge < -0.3 is 10.1 Å². The summed E-state index contributed by atoms with van der Waals surface area (Å²) in [5, 5.41) is 2.86. The van der Waals surface area contributed by atoms with E-state index in [1.807, 2.05) is 39.0 Å². The molecule has 0 fully saturated rings. The number of rotatable bonds is 2. The molecule has 0 aliphatic carbocycles. The number of hydrogen-bond acceptors (Lipinski definition) is 2. The Morgan fingerprint density at radius 1 is 1.38 bits per heavy atom. The van der Waals surface area contributed by atoms with E-state index in [2.05, 4.69) is 21.2 Å². The van der Waals surface area contributed by atoms with Crippen molar-refractivity contribution in [2.75, 3.05) is 12.4 Å². The number of anilines is 1. The van der Waals surface area contributed by atoms with E-state index < -0.39 is 5.41 Å². The zero-order valence-corrected chi connectivity index (χ0v) is 11.5. The van der Waals surface area contributed by atoms with E-state index in [-0.39, 0.29) is 5.91 Å². The first-order valence-electron chi connectivity index (χ1n) is 4.99. The van der Waals surface area contributed by atoms with E-state index in [9.17, 15) is 4.79 Å². The number of hydrogen-bond donors (Lipinski definition) is 1. The first-order chi connectivity index (χ1) is 7.34. The van der Waals surface area contributed by atoms with Gasteiger partial charge in [0.1, 0.15) is 5.75 Å². The molecule has 0 bridgehead atoms. The molecule has 0 aromatic heterocycles. The highest BCUT2D eigenvalue weighted by Gasteiger charge is 2.21. The third kappa shape index (κ3) is 3.23. The number of halogens is 1. The van der Waals surface area contributed by atoms with Crippen LogP contribution >= 0.6 is 15.9 Å². The van der Waals surface area contributed by atoms with Crippen molar-refractivity contribution in [2.24, 2.45) is 5.41 Å². The molecule has 1 amide bonds. The van der Waals surface area contributed by atoms with Gasteiger partial charge in [0.2, 0.25) is 5.91 Å². The van der Waals surface area contributed by atoms with Crippen LogP contribution in [0.5, 0.6) is 5.75 Å². The molecule has 16 heavy (non-hydrogen) atoms. The Bertz CT molecular complexity index is 396. The molecule has 0 saturated heterocycles. The van der Waals surface area contributed by atoms with E-state index in [0.29, 0.717) is 0 Å². The minimum absolute atomic E-state index is 0.0154. The first-order valence-corrected chi connectivity index (χ1v) is 5.79. The van der Waals surface area contributed by atoms with Gasteiger partial charge in [0, 0.05) is 9.89 Å². The fraction of sp³-hybridized carbons (Fsp3) is 0.417. The fourth-order valence-corrected chi connectivity index (χ4v) is 1.49. The molecule has 1 aromatic rings. The van der Waals surface area contributed by atoms with Crippen LogP contribution in [0.25, 0.3) is 0 Å². The quantitative estimate of drug-likeness (QED) is 0.904. The molecule has 88 valence electrons. The van der Waals surface area contributed by atoms with Gasteiger partial charge in [0.15, 0.2) is 0 Å². The molecule has 0 saturated carbocycles. The number of methoxy groups -OCH3 is 1. The Hall–Kier alpha value is -1.03. The molecular formula is C12H16BrNO2. The second kappa shape index (κ2) is 4.87. The minimum atomic E-state index is -0.403. The van der Waals surface area contributed by atoms with Gasteiger partial charge in [-0.3, -0.25) is 4.79 Å². The topological polar surface area (TPSA) is 38.3 Å². The molecule has 1 rings (SSSR count). The average Bonchev–Trinajstić information content (AvgIpc) is 2.19. The molecule has 0 unspecified atom stereocenters. The third-order valence-corrected chi connectivity index (χ3v) is 2.76. The van der Waals surface area contributed by atoms with E-state index in [1.165, 1.54) is 0 Å². The summed E-state index contributed by atoms with van der Waals surface area (Å²) >= 11 is 3.39. The van der Waals surface area contributed by atoms with Crippen LogP contribution < -0.4 is 10.1 Å². The molecule has 3 nitrogen and oxygen atoms in total. The van der Waals surface area contributed by atoms with Crippen molar-refractivity contribution in [3.63, 3.8) is 0 Å². The minimum Gasteiger partial charge on any atom is -0.497 e. The Kier molecular flexibility index (Phi) is 3.97. The Balaban J connectivity index is 2.87. The number of carbonyl (C=O) groups excluding carboxylic acids is 1. The maximum atomic E-state index is 11.8. The molecule has 1 N–H and O–H groups in total. The zero-order valence-electron chi connectivity index (χ0n) is 9.93. The predicted molar refractivity (Wildman–Crippen MR) is 68.8 cm³/mol. The predicted octanol–water partition coefficient (Wildman–Crippen LogP) is 3.44. The van der Waals surface area contributed by atoms with Crippen LogP contribution in [0.15, 0.2) is 22.7 Å². The van der Waals surface area contributed by atoms with E-state index >= 15 is 0 Å². The maximum Gasteiger partial charge on any atom is 0.229 e. The third-order valence-electron chi connectivity index (χ3n) is 2.11. The van der Waals surface area contributed by atoms with Crippen LogP contribution in [0.3, 0.4) is 0 Å². The van der Waals surface area contributed by atoms with Crippen molar-refractivity contribution in [3.8, 4) is 5.75 Å². The summed E-state index contributed by atoms with van der Waals surface area (Å²) in [7, 11) is 1.61. The van der Waals surface area contributed by atoms with E-state index in [0.717, 1.165) is 15.9 Å². The second-order valence-corrected chi connectivity index (χ2v) is 5.40. The second-order valence-electron chi connectivity index (χ2n) is 4.55. The summed E-state index contributed by atoms with van der Waals surface area (Å²) in [6.45, 7) is 5.62. The lowest BCUT2D eigenvalue weighted by molar-refractivity contribution is -0.123. The summed E-state index contributed by atoms with van der Waals surface area (Å²) in [6.07, 6.45) is 0. The average molecular weight is 286 g/mol. The molecule has 0 aliphatic heterocycles. The van der Waals surface area contributed by atoms with Gasteiger partial charge in [-0.1, -0.05) is 20.8 Å². The van der Waals surface area contributed by atoms with E-state index in [4.69, 9.17) is 4.74 Å². The van der Waals surface area contributed by atoms with Gasteiger partial charge in [-0.05, 0) is 34.1 Å². The summed E-state index contributed by atoms with van der Waals surface area (Å²) in [5.41, 5.74) is 0.347. The van der Waals surface area contributed by atoms with Gasteiger partial charge in [-0.2, -0.15) is 0 Å². The number of nitrogens with one attached hydrogen (secondary N) is 1. The van der Waals surface area contributed by atoms with Crippen LogP contribution in [-0.2, 0) is 4.79 Å². The summed E-state index contributed by atoms with van der Waals surface area (Å²) < 4.78 is 5.89. The Morgan fingerprint density at radius 2 is 2.00 bits per heavy atom. The zero-order chi connectivity index (χ0) is 12.3. The largest absolute Gasteiger partial charge is 0.497 e. The van der Waals surface area contributed by atoms with Crippen molar-refractivity contribution in [1.82, 2.24) is 0 Å². The molecule has 4 heteroatoms. The maximum absolute atomic E-state index is 11.8. The molecular weight excluding hydrogens is 270 g/mol.